The normalized spacial score (nSPS) is 9.42. The van der Waals surface area contributed by atoms with E-state index in [2.05, 4.69) is 6.07 Å². The summed E-state index contributed by atoms with van der Waals surface area (Å²) in [4.78, 5) is 0. The first-order chi connectivity index (χ1) is 5.86. The lowest BCUT2D eigenvalue weighted by atomic mass is 10.1. The highest BCUT2D eigenvalue weighted by Gasteiger charge is 1.93. The molecule has 1 rings (SSSR count). The van der Waals surface area contributed by atoms with Gasteiger partial charge in [-0.25, -0.2) is 0 Å². The monoisotopic (exact) mass is 161 g/mol. The Kier molecular flexibility index (Phi) is 3.39. The number of methoxy groups -OCH3 is 1. The van der Waals surface area contributed by atoms with Crippen LogP contribution in [0.15, 0.2) is 30.3 Å². The Hall–Kier alpha value is -1.24. The lowest BCUT2D eigenvalue weighted by Gasteiger charge is -2.02. The van der Waals surface area contributed by atoms with Crippen LogP contribution < -0.4 is 4.74 Å². The maximum atomic E-state index is 5.29. The number of benzene rings is 1. The van der Waals surface area contributed by atoms with Crippen LogP contribution in [-0.4, -0.2) is 7.11 Å². The van der Waals surface area contributed by atoms with E-state index < -0.39 is 0 Å². The van der Waals surface area contributed by atoms with Crippen molar-refractivity contribution in [1.82, 2.24) is 0 Å². The number of ether oxygens (including phenoxy) is 1. The Bertz CT molecular complexity index is 253. The molecule has 0 atom stereocenters. The van der Waals surface area contributed by atoms with Crippen LogP contribution in [0.1, 0.15) is 12.0 Å². The van der Waals surface area contributed by atoms with Gasteiger partial charge in [-0.05, 0) is 30.5 Å². The molecule has 0 saturated heterocycles. The predicted octanol–water partition coefficient (Wildman–Crippen LogP) is 2.62. The Morgan fingerprint density at radius 1 is 1.50 bits per heavy atom. The minimum atomic E-state index is 0.907. The fourth-order valence-electron chi connectivity index (χ4n) is 1.08. The van der Waals surface area contributed by atoms with Gasteiger partial charge in [0.1, 0.15) is 5.75 Å². The van der Waals surface area contributed by atoms with Gasteiger partial charge in [-0.2, -0.15) is 0 Å². The fraction of sp³-hybridized carbons (Fsp3) is 0.273. The van der Waals surface area contributed by atoms with Crippen LogP contribution in [0.4, 0.5) is 0 Å². The number of rotatable bonds is 4. The van der Waals surface area contributed by atoms with Crippen molar-refractivity contribution in [2.45, 2.75) is 12.8 Å². The highest BCUT2D eigenvalue weighted by atomic mass is 16.5. The summed E-state index contributed by atoms with van der Waals surface area (Å²) >= 11 is 0. The van der Waals surface area contributed by atoms with Crippen LogP contribution in [0.25, 0.3) is 0 Å². The van der Waals surface area contributed by atoms with Crippen molar-refractivity contribution in [3.05, 3.63) is 42.5 Å². The van der Waals surface area contributed by atoms with Crippen LogP contribution in [0.3, 0.4) is 0 Å². The molecule has 12 heavy (non-hydrogen) atoms. The molecule has 0 fully saturated rings. The fourth-order valence-corrected chi connectivity index (χ4v) is 1.08. The Labute approximate surface area is 73.7 Å². The van der Waals surface area contributed by atoms with Crippen molar-refractivity contribution in [1.29, 1.82) is 0 Å². The van der Waals surface area contributed by atoms with Gasteiger partial charge < -0.3 is 4.74 Å². The quantitative estimate of drug-likeness (QED) is 0.659. The van der Waals surface area contributed by atoms with E-state index in [4.69, 9.17) is 11.3 Å². The molecular formula is C11H13O. The third-order valence-electron chi connectivity index (χ3n) is 1.73. The first kappa shape index (κ1) is 8.85. The van der Waals surface area contributed by atoms with Crippen molar-refractivity contribution in [2.24, 2.45) is 0 Å². The maximum absolute atomic E-state index is 5.29. The zero-order valence-electron chi connectivity index (χ0n) is 7.29. The van der Waals surface area contributed by atoms with Gasteiger partial charge in [0.15, 0.2) is 0 Å². The third kappa shape index (κ3) is 2.42. The molecule has 1 aromatic carbocycles. The van der Waals surface area contributed by atoms with E-state index in [1.54, 1.807) is 13.2 Å². The Balaban J connectivity index is 2.65. The number of hydrogen-bond donors (Lipinski definition) is 0. The third-order valence-corrected chi connectivity index (χ3v) is 1.73. The molecular weight excluding hydrogens is 148 g/mol. The zero-order chi connectivity index (χ0) is 8.81. The van der Waals surface area contributed by atoms with Crippen molar-refractivity contribution >= 4 is 0 Å². The molecule has 1 nitrogen and oxygen atoms in total. The van der Waals surface area contributed by atoms with E-state index in [9.17, 15) is 0 Å². The molecule has 0 bridgehead atoms. The number of hydrogen-bond acceptors (Lipinski definition) is 1. The van der Waals surface area contributed by atoms with Crippen LogP contribution in [-0.2, 0) is 6.42 Å². The largest absolute Gasteiger partial charge is 0.497 e. The summed E-state index contributed by atoms with van der Waals surface area (Å²) in [6, 6.07) is 8.04. The summed E-state index contributed by atoms with van der Waals surface area (Å²) in [6.07, 6.45) is 3.57. The SMILES string of the molecule is [CH]=CCCc1cccc(OC)c1. The minimum absolute atomic E-state index is 0.907. The maximum Gasteiger partial charge on any atom is 0.119 e. The molecule has 0 aliphatic rings. The highest BCUT2D eigenvalue weighted by Crippen LogP contribution is 2.13. The molecule has 0 unspecified atom stereocenters. The predicted molar refractivity (Wildman–Crippen MR) is 50.2 cm³/mol. The van der Waals surface area contributed by atoms with Gasteiger partial charge in [0.25, 0.3) is 0 Å². The van der Waals surface area contributed by atoms with Crippen molar-refractivity contribution in [3.63, 3.8) is 0 Å². The molecule has 0 aromatic heterocycles. The lowest BCUT2D eigenvalue weighted by Crippen LogP contribution is -1.86. The summed E-state index contributed by atoms with van der Waals surface area (Å²) in [6.45, 7) is 5.29. The molecule has 1 radical (unpaired) electrons. The van der Waals surface area contributed by atoms with E-state index in [0.717, 1.165) is 18.6 Å². The van der Waals surface area contributed by atoms with Crippen molar-refractivity contribution < 1.29 is 4.74 Å². The van der Waals surface area contributed by atoms with Gasteiger partial charge in [0.2, 0.25) is 0 Å². The van der Waals surface area contributed by atoms with Crippen LogP contribution in [0, 0.1) is 6.58 Å². The molecule has 0 spiro atoms. The van der Waals surface area contributed by atoms with Crippen molar-refractivity contribution in [2.75, 3.05) is 7.11 Å². The molecule has 0 amide bonds. The molecule has 0 aliphatic heterocycles. The van der Waals surface area contributed by atoms with Crippen LogP contribution in [0.2, 0.25) is 0 Å². The number of allylic oxidation sites excluding steroid dienone is 1. The van der Waals surface area contributed by atoms with Gasteiger partial charge in [-0.1, -0.05) is 24.8 Å². The average molecular weight is 161 g/mol. The topological polar surface area (TPSA) is 9.23 Å². The van der Waals surface area contributed by atoms with E-state index in [1.165, 1.54) is 5.56 Å². The molecule has 0 saturated carbocycles. The second-order valence-electron chi connectivity index (χ2n) is 2.63. The van der Waals surface area contributed by atoms with Crippen LogP contribution >= 0.6 is 0 Å². The second kappa shape index (κ2) is 4.60. The number of aryl methyl sites for hydroxylation is 1. The van der Waals surface area contributed by atoms with Crippen LogP contribution in [0.5, 0.6) is 5.75 Å². The Morgan fingerprint density at radius 2 is 2.33 bits per heavy atom. The highest BCUT2D eigenvalue weighted by molar-refractivity contribution is 5.28. The lowest BCUT2D eigenvalue weighted by molar-refractivity contribution is 0.414. The van der Waals surface area contributed by atoms with E-state index >= 15 is 0 Å². The average Bonchev–Trinajstić information content (AvgIpc) is 2.15. The van der Waals surface area contributed by atoms with E-state index in [1.807, 2.05) is 18.2 Å². The van der Waals surface area contributed by atoms with Gasteiger partial charge in [-0.15, -0.1) is 0 Å². The Morgan fingerprint density at radius 3 is 3.00 bits per heavy atom. The molecule has 1 heteroatoms. The standard InChI is InChI=1S/C11H13O/c1-3-4-6-10-7-5-8-11(9-10)12-2/h1,3,5,7-9H,4,6H2,2H3. The summed E-state index contributed by atoms with van der Waals surface area (Å²) in [7, 11) is 1.67. The molecule has 0 aliphatic carbocycles. The summed E-state index contributed by atoms with van der Waals surface area (Å²) in [5.41, 5.74) is 1.26. The molecule has 1 aromatic rings. The minimum Gasteiger partial charge on any atom is -0.497 e. The van der Waals surface area contributed by atoms with E-state index in [0.29, 0.717) is 0 Å². The van der Waals surface area contributed by atoms with Gasteiger partial charge in [0.05, 0.1) is 7.11 Å². The van der Waals surface area contributed by atoms with E-state index in [-0.39, 0.29) is 0 Å². The zero-order valence-corrected chi connectivity index (χ0v) is 7.29. The summed E-state index contributed by atoms with van der Waals surface area (Å²) in [5.74, 6) is 0.907. The first-order valence-corrected chi connectivity index (χ1v) is 4.03. The second-order valence-corrected chi connectivity index (χ2v) is 2.63. The molecule has 0 N–H and O–H groups in total. The van der Waals surface area contributed by atoms with Gasteiger partial charge >= 0.3 is 0 Å². The smallest absolute Gasteiger partial charge is 0.119 e. The molecule has 0 heterocycles. The van der Waals surface area contributed by atoms with Gasteiger partial charge in [-0.3, -0.25) is 0 Å². The molecule has 63 valence electrons. The van der Waals surface area contributed by atoms with Gasteiger partial charge in [0, 0.05) is 0 Å². The van der Waals surface area contributed by atoms with Crippen molar-refractivity contribution in [3.8, 4) is 5.75 Å². The first-order valence-electron chi connectivity index (χ1n) is 4.03. The summed E-state index contributed by atoms with van der Waals surface area (Å²) in [5, 5.41) is 0. The summed E-state index contributed by atoms with van der Waals surface area (Å²) < 4.78 is 5.09.